The van der Waals surface area contributed by atoms with Crippen LogP contribution < -0.4 is 0 Å². The summed E-state index contributed by atoms with van der Waals surface area (Å²) in [6.45, 7) is 1.18. The van der Waals surface area contributed by atoms with Gasteiger partial charge in [-0.1, -0.05) is 22.0 Å². The van der Waals surface area contributed by atoms with E-state index < -0.39 is 0 Å². The summed E-state index contributed by atoms with van der Waals surface area (Å²) in [6.07, 6.45) is 9.32. The van der Waals surface area contributed by atoms with Gasteiger partial charge in [-0.2, -0.15) is 0 Å². The first kappa shape index (κ1) is 7.41. The zero-order valence-electron chi connectivity index (χ0n) is 6.68. The highest BCUT2D eigenvalue weighted by Crippen LogP contribution is 2.49. The van der Waals surface area contributed by atoms with Gasteiger partial charge in [0.15, 0.2) is 0 Å². The minimum absolute atomic E-state index is 0.511. The second-order valence-electron chi connectivity index (χ2n) is 3.62. The normalized spacial score (nSPS) is 26.7. The van der Waals surface area contributed by atoms with Crippen LogP contribution in [0.15, 0.2) is 22.8 Å². The standard InChI is InChI=1S/C9H12BrN/c1-11-5-2-8(10)6-9(7-11)3-4-9/h2,5-6H,3-4,7H2,1H3. The Balaban J connectivity index is 2.22. The molecule has 11 heavy (non-hydrogen) atoms. The third-order valence-corrected chi connectivity index (χ3v) is 2.88. The zero-order valence-corrected chi connectivity index (χ0v) is 8.26. The van der Waals surface area contributed by atoms with Gasteiger partial charge in [0.05, 0.1) is 0 Å². The number of rotatable bonds is 0. The van der Waals surface area contributed by atoms with Crippen LogP contribution in [0.1, 0.15) is 12.8 Å². The van der Waals surface area contributed by atoms with E-state index in [4.69, 9.17) is 0 Å². The Morgan fingerprint density at radius 3 is 2.91 bits per heavy atom. The number of nitrogens with zero attached hydrogens (tertiary/aromatic N) is 1. The van der Waals surface area contributed by atoms with E-state index in [-0.39, 0.29) is 0 Å². The van der Waals surface area contributed by atoms with Crippen molar-refractivity contribution in [3.8, 4) is 0 Å². The van der Waals surface area contributed by atoms with Gasteiger partial charge in [-0.05, 0) is 25.1 Å². The zero-order chi connectivity index (χ0) is 7.90. The van der Waals surface area contributed by atoms with Crippen LogP contribution in [0.5, 0.6) is 0 Å². The van der Waals surface area contributed by atoms with Crippen LogP contribution in [0.25, 0.3) is 0 Å². The summed E-state index contributed by atoms with van der Waals surface area (Å²) in [5, 5.41) is 0. The molecule has 0 N–H and O–H groups in total. The van der Waals surface area contributed by atoms with Crippen molar-refractivity contribution in [1.29, 1.82) is 0 Å². The van der Waals surface area contributed by atoms with Gasteiger partial charge >= 0.3 is 0 Å². The average molecular weight is 214 g/mol. The molecule has 1 aliphatic carbocycles. The summed E-state index contributed by atoms with van der Waals surface area (Å²) in [5.41, 5.74) is 0.511. The molecule has 0 amide bonds. The van der Waals surface area contributed by atoms with Crippen molar-refractivity contribution in [2.24, 2.45) is 5.41 Å². The predicted molar refractivity (Wildman–Crippen MR) is 50.4 cm³/mol. The third kappa shape index (κ3) is 1.51. The summed E-state index contributed by atoms with van der Waals surface area (Å²) >= 11 is 3.53. The maximum Gasteiger partial charge on any atom is 0.0261 e. The van der Waals surface area contributed by atoms with Crippen molar-refractivity contribution >= 4 is 15.9 Å². The van der Waals surface area contributed by atoms with Gasteiger partial charge in [-0.3, -0.25) is 0 Å². The van der Waals surface area contributed by atoms with E-state index in [0.717, 1.165) is 0 Å². The summed E-state index contributed by atoms with van der Waals surface area (Å²) in [7, 11) is 2.13. The highest BCUT2D eigenvalue weighted by molar-refractivity contribution is 9.11. The number of halogens is 1. The molecule has 0 atom stereocenters. The van der Waals surface area contributed by atoms with Crippen molar-refractivity contribution in [2.45, 2.75) is 12.8 Å². The van der Waals surface area contributed by atoms with Gasteiger partial charge in [0.25, 0.3) is 0 Å². The maximum absolute atomic E-state index is 3.53. The van der Waals surface area contributed by atoms with Crippen LogP contribution >= 0.6 is 15.9 Å². The molecule has 0 aromatic rings. The molecule has 1 saturated carbocycles. The Labute approximate surface area is 75.9 Å². The minimum Gasteiger partial charge on any atom is -0.380 e. The van der Waals surface area contributed by atoms with Gasteiger partial charge in [-0.15, -0.1) is 0 Å². The molecule has 60 valence electrons. The van der Waals surface area contributed by atoms with Crippen LogP contribution in [0, 0.1) is 5.41 Å². The fraction of sp³-hybridized carbons (Fsp3) is 0.556. The van der Waals surface area contributed by atoms with E-state index in [0.29, 0.717) is 5.41 Å². The average Bonchev–Trinajstić information content (AvgIpc) is 2.66. The Hall–Kier alpha value is -0.240. The second-order valence-corrected chi connectivity index (χ2v) is 4.54. The Morgan fingerprint density at radius 1 is 1.55 bits per heavy atom. The van der Waals surface area contributed by atoms with Gasteiger partial charge in [0.2, 0.25) is 0 Å². The van der Waals surface area contributed by atoms with E-state index in [1.807, 2.05) is 0 Å². The first-order valence-corrected chi connectivity index (χ1v) is 4.76. The van der Waals surface area contributed by atoms with Gasteiger partial charge < -0.3 is 4.90 Å². The van der Waals surface area contributed by atoms with Gasteiger partial charge in [0.1, 0.15) is 0 Å². The molecular formula is C9H12BrN. The van der Waals surface area contributed by atoms with E-state index in [1.165, 1.54) is 23.9 Å². The van der Waals surface area contributed by atoms with Gasteiger partial charge in [-0.25, -0.2) is 0 Å². The quantitative estimate of drug-likeness (QED) is 0.598. The van der Waals surface area contributed by atoms with Crippen molar-refractivity contribution in [2.75, 3.05) is 13.6 Å². The molecule has 0 aromatic carbocycles. The third-order valence-electron chi connectivity index (χ3n) is 2.39. The Bertz CT molecular complexity index is 226. The number of hydrogen-bond donors (Lipinski definition) is 0. The molecule has 0 radical (unpaired) electrons. The Kier molecular flexibility index (Phi) is 1.60. The lowest BCUT2D eigenvalue weighted by atomic mass is 10.1. The van der Waals surface area contributed by atoms with Crippen LogP contribution in [0.4, 0.5) is 0 Å². The first-order chi connectivity index (χ1) is 5.20. The minimum atomic E-state index is 0.511. The van der Waals surface area contributed by atoms with Crippen molar-refractivity contribution < 1.29 is 0 Å². The lowest BCUT2D eigenvalue weighted by molar-refractivity contribution is 0.387. The molecule has 1 fully saturated rings. The summed E-state index contributed by atoms with van der Waals surface area (Å²) < 4.78 is 1.24. The van der Waals surface area contributed by atoms with Crippen LogP contribution in [0.2, 0.25) is 0 Å². The van der Waals surface area contributed by atoms with Crippen molar-refractivity contribution in [3.63, 3.8) is 0 Å². The maximum atomic E-state index is 3.53. The van der Waals surface area contributed by atoms with Crippen LogP contribution in [-0.4, -0.2) is 18.5 Å². The number of allylic oxidation sites excluding steroid dienone is 2. The molecule has 2 aliphatic rings. The smallest absolute Gasteiger partial charge is 0.0261 e. The second kappa shape index (κ2) is 2.37. The van der Waals surface area contributed by atoms with Crippen LogP contribution in [-0.2, 0) is 0 Å². The first-order valence-electron chi connectivity index (χ1n) is 3.97. The van der Waals surface area contributed by atoms with E-state index in [2.05, 4.69) is 46.2 Å². The summed E-state index contributed by atoms with van der Waals surface area (Å²) in [6, 6.07) is 0. The lowest BCUT2D eigenvalue weighted by Crippen LogP contribution is -2.19. The van der Waals surface area contributed by atoms with Crippen LogP contribution in [0.3, 0.4) is 0 Å². The highest BCUT2D eigenvalue weighted by Gasteiger charge is 2.41. The fourth-order valence-electron chi connectivity index (χ4n) is 1.60. The molecule has 2 rings (SSSR count). The van der Waals surface area contributed by atoms with E-state index >= 15 is 0 Å². The molecule has 0 bridgehead atoms. The summed E-state index contributed by atoms with van der Waals surface area (Å²) in [4.78, 5) is 2.26. The molecule has 1 aliphatic heterocycles. The molecule has 0 saturated heterocycles. The molecule has 1 nitrogen and oxygen atoms in total. The lowest BCUT2D eigenvalue weighted by Gasteiger charge is -2.17. The van der Waals surface area contributed by atoms with Crippen molar-refractivity contribution in [1.82, 2.24) is 4.90 Å². The van der Waals surface area contributed by atoms with E-state index in [9.17, 15) is 0 Å². The largest absolute Gasteiger partial charge is 0.380 e. The monoisotopic (exact) mass is 213 g/mol. The predicted octanol–water partition coefficient (Wildman–Crippen LogP) is 2.50. The van der Waals surface area contributed by atoms with Crippen molar-refractivity contribution in [3.05, 3.63) is 22.8 Å². The SMILES string of the molecule is CN1C=CC(Br)=CC2(CC2)C1. The molecule has 0 unspecified atom stereocenters. The fourth-order valence-corrected chi connectivity index (χ4v) is 2.20. The molecule has 0 aromatic heterocycles. The molecule has 1 heterocycles. The Morgan fingerprint density at radius 2 is 2.27 bits per heavy atom. The molecule has 2 heteroatoms. The highest BCUT2D eigenvalue weighted by atomic mass is 79.9. The number of hydrogen-bond acceptors (Lipinski definition) is 1. The molecular weight excluding hydrogens is 202 g/mol. The molecule has 1 spiro atoms. The van der Waals surface area contributed by atoms with E-state index in [1.54, 1.807) is 0 Å². The van der Waals surface area contributed by atoms with Gasteiger partial charge in [0, 0.05) is 23.5 Å². The topological polar surface area (TPSA) is 3.24 Å². The summed E-state index contributed by atoms with van der Waals surface area (Å²) in [5.74, 6) is 0.